The minimum atomic E-state index is 0.208. The highest BCUT2D eigenvalue weighted by molar-refractivity contribution is 5.82. The van der Waals surface area contributed by atoms with Crippen LogP contribution >= 0.6 is 0 Å². The molecule has 0 saturated heterocycles. The summed E-state index contributed by atoms with van der Waals surface area (Å²) in [6.45, 7) is 12.8. The van der Waals surface area contributed by atoms with E-state index in [0.717, 1.165) is 5.84 Å². The van der Waals surface area contributed by atoms with Crippen molar-refractivity contribution < 1.29 is 0 Å². The average Bonchev–Trinajstić information content (AvgIpc) is 1.85. The van der Waals surface area contributed by atoms with Gasteiger partial charge < -0.3 is 5.73 Å². The van der Waals surface area contributed by atoms with E-state index in [0.29, 0.717) is 12.0 Å². The van der Waals surface area contributed by atoms with Gasteiger partial charge in [0.05, 0.1) is 11.9 Å². The molecule has 0 aliphatic carbocycles. The minimum absolute atomic E-state index is 0.208. The maximum atomic E-state index is 5.76. The van der Waals surface area contributed by atoms with Crippen LogP contribution in [0, 0.1) is 11.3 Å². The van der Waals surface area contributed by atoms with Gasteiger partial charge in [-0.15, -0.1) is 0 Å². The van der Waals surface area contributed by atoms with Crippen LogP contribution in [0.3, 0.4) is 0 Å². The Balaban J connectivity index is 4.34. The Morgan fingerprint density at radius 3 is 1.83 bits per heavy atom. The molecule has 0 aliphatic heterocycles. The predicted molar refractivity (Wildman–Crippen MR) is 55.4 cm³/mol. The summed E-state index contributed by atoms with van der Waals surface area (Å²) in [5, 5.41) is 0. The monoisotopic (exact) mass is 170 g/mol. The van der Waals surface area contributed by atoms with E-state index in [1.54, 1.807) is 0 Å². The van der Waals surface area contributed by atoms with Crippen molar-refractivity contribution >= 4 is 5.84 Å². The summed E-state index contributed by atoms with van der Waals surface area (Å²) in [6.07, 6.45) is 0. The van der Waals surface area contributed by atoms with Gasteiger partial charge >= 0.3 is 0 Å². The van der Waals surface area contributed by atoms with Crippen molar-refractivity contribution in [2.75, 3.05) is 0 Å². The maximum Gasteiger partial charge on any atom is 0.0966 e. The van der Waals surface area contributed by atoms with E-state index in [9.17, 15) is 0 Å². The van der Waals surface area contributed by atoms with E-state index < -0.39 is 0 Å². The van der Waals surface area contributed by atoms with E-state index in [1.807, 2.05) is 0 Å². The number of nitrogens with two attached hydrogens (primary N) is 1. The Kier molecular flexibility index (Phi) is 3.75. The summed E-state index contributed by atoms with van der Waals surface area (Å²) in [6, 6.07) is 0.292. The largest absolute Gasteiger partial charge is 0.387 e. The molecule has 0 radical (unpaired) electrons. The van der Waals surface area contributed by atoms with Gasteiger partial charge in [-0.1, -0.05) is 34.6 Å². The number of aliphatic imine (C=N–C) groups is 1. The summed E-state index contributed by atoms with van der Waals surface area (Å²) in [4.78, 5) is 4.44. The standard InChI is InChI=1S/C10H22N2/c1-7(2)9(11)12-8(3)10(4,5)6/h7-8H,1-6H3,(H2,11,12). The lowest BCUT2D eigenvalue weighted by Crippen LogP contribution is -2.27. The normalized spacial score (nSPS) is 16.8. The molecule has 1 atom stereocenters. The molecular formula is C10H22N2. The van der Waals surface area contributed by atoms with Crippen molar-refractivity contribution in [2.45, 2.75) is 47.6 Å². The highest BCUT2D eigenvalue weighted by Gasteiger charge is 2.19. The van der Waals surface area contributed by atoms with Crippen LogP contribution in [-0.4, -0.2) is 11.9 Å². The van der Waals surface area contributed by atoms with Crippen LogP contribution in [0.25, 0.3) is 0 Å². The summed E-state index contributed by atoms with van der Waals surface area (Å²) in [5.74, 6) is 1.12. The van der Waals surface area contributed by atoms with E-state index >= 15 is 0 Å². The molecule has 0 rings (SSSR count). The van der Waals surface area contributed by atoms with E-state index in [4.69, 9.17) is 5.73 Å². The van der Waals surface area contributed by atoms with Crippen LogP contribution < -0.4 is 5.73 Å². The first kappa shape index (κ1) is 11.5. The molecule has 2 heteroatoms. The number of rotatable bonds is 2. The van der Waals surface area contributed by atoms with Gasteiger partial charge in [-0.3, -0.25) is 4.99 Å². The molecule has 12 heavy (non-hydrogen) atoms. The van der Waals surface area contributed by atoms with Crippen molar-refractivity contribution in [1.29, 1.82) is 0 Å². The molecule has 0 spiro atoms. The second-order valence-corrected chi connectivity index (χ2v) is 4.75. The fourth-order valence-corrected chi connectivity index (χ4v) is 0.566. The number of hydrogen-bond acceptors (Lipinski definition) is 1. The van der Waals surface area contributed by atoms with Gasteiger partial charge in [-0.2, -0.15) is 0 Å². The van der Waals surface area contributed by atoms with Crippen molar-refractivity contribution in [3.63, 3.8) is 0 Å². The zero-order valence-corrected chi connectivity index (χ0v) is 9.18. The summed E-state index contributed by atoms with van der Waals surface area (Å²) < 4.78 is 0. The Labute approximate surface area is 76.3 Å². The predicted octanol–water partition coefficient (Wildman–Crippen LogP) is 2.43. The third-order valence-corrected chi connectivity index (χ3v) is 2.19. The minimum Gasteiger partial charge on any atom is -0.387 e. The molecule has 0 fully saturated rings. The van der Waals surface area contributed by atoms with Gasteiger partial charge in [0.15, 0.2) is 0 Å². The van der Waals surface area contributed by atoms with Crippen LogP contribution in [0.15, 0.2) is 4.99 Å². The molecule has 2 N–H and O–H groups in total. The van der Waals surface area contributed by atoms with Crippen LogP contribution in [0.2, 0.25) is 0 Å². The van der Waals surface area contributed by atoms with Crippen LogP contribution in [0.1, 0.15) is 41.5 Å². The summed E-state index contributed by atoms with van der Waals surface area (Å²) in [5.41, 5.74) is 5.97. The van der Waals surface area contributed by atoms with E-state index in [2.05, 4.69) is 46.5 Å². The third kappa shape index (κ3) is 3.74. The lowest BCUT2D eigenvalue weighted by Gasteiger charge is -2.24. The summed E-state index contributed by atoms with van der Waals surface area (Å²) >= 11 is 0. The van der Waals surface area contributed by atoms with Crippen LogP contribution in [-0.2, 0) is 0 Å². The van der Waals surface area contributed by atoms with Crippen molar-refractivity contribution in [1.82, 2.24) is 0 Å². The van der Waals surface area contributed by atoms with Gasteiger partial charge in [-0.25, -0.2) is 0 Å². The third-order valence-electron chi connectivity index (χ3n) is 2.19. The molecule has 0 aliphatic rings. The summed E-state index contributed by atoms with van der Waals surface area (Å²) in [7, 11) is 0. The first-order valence-electron chi connectivity index (χ1n) is 4.58. The quantitative estimate of drug-likeness (QED) is 0.501. The molecule has 0 bridgehead atoms. The lowest BCUT2D eigenvalue weighted by molar-refractivity contribution is 0.340. The highest BCUT2D eigenvalue weighted by atomic mass is 14.9. The number of hydrogen-bond donors (Lipinski definition) is 1. The van der Waals surface area contributed by atoms with E-state index in [-0.39, 0.29) is 5.41 Å². The smallest absolute Gasteiger partial charge is 0.0966 e. The Morgan fingerprint density at radius 1 is 1.17 bits per heavy atom. The van der Waals surface area contributed by atoms with Gasteiger partial charge in [0.2, 0.25) is 0 Å². The van der Waals surface area contributed by atoms with Crippen LogP contribution in [0.4, 0.5) is 0 Å². The molecule has 0 aromatic rings. The molecule has 0 amide bonds. The SMILES string of the molecule is CC(C)C(N)=NC(C)C(C)(C)C. The lowest BCUT2D eigenvalue weighted by atomic mass is 9.88. The average molecular weight is 170 g/mol. The molecule has 1 unspecified atom stereocenters. The van der Waals surface area contributed by atoms with Gasteiger partial charge in [0.1, 0.15) is 0 Å². The molecule has 72 valence electrons. The zero-order valence-electron chi connectivity index (χ0n) is 9.18. The first-order chi connectivity index (χ1) is 5.25. The molecular weight excluding hydrogens is 148 g/mol. The van der Waals surface area contributed by atoms with E-state index in [1.165, 1.54) is 0 Å². The molecule has 0 aromatic carbocycles. The number of amidine groups is 1. The highest BCUT2D eigenvalue weighted by Crippen LogP contribution is 2.21. The van der Waals surface area contributed by atoms with Gasteiger partial charge in [-0.05, 0) is 12.3 Å². The second kappa shape index (κ2) is 3.92. The first-order valence-corrected chi connectivity index (χ1v) is 4.58. The van der Waals surface area contributed by atoms with Gasteiger partial charge in [0.25, 0.3) is 0 Å². The van der Waals surface area contributed by atoms with Gasteiger partial charge in [0, 0.05) is 5.92 Å². The Bertz CT molecular complexity index is 163. The molecule has 0 heterocycles. The fourth-order valence-electron chi connectivity index (χ4n) is 0.566. The molecule has 2 nitrogen and oxygen atoms in total. The van der Waals surface area contributed by atoms with Crippen LogP contribution in [0.5, 0.6) is 0 Å². The Hall–Kier alpha value is -0.530. The maximum absolute atomic E-state index is 5.76. The zero-order chi connectivity index (χ0) is 9.94. The Morgan fingerprint density at radius 2 is 1.58 bits per heavy atom. The molecule has 0 aromatic heterocycles. The van der Waals surface area contributed by atoms with Crippen molar-refractivity contribution in [2.24, 2.45) is 22.1 Å². The van der Waals surface area contributed by atoms with Crippen molar-refractivity contribution in [3.05, 3.63) is 0 Å². The fraction of sp³-hybridized carbons (Fsp3) is 0.900. The number of nitrogens with zero attached hydrogens (tertiary/aromatic N) is 1. The van der Waals surface area contributed by atoms with Crippen molar-refractivity contribution in [3.8, 4) is 0 Å². The second-order valence-electron chi connectivity index (χ2n) is 4.75. The molecule has 0 saturated carbocycles. The topological polar surface area (TPSA) is 38.4 Å².